The topological polar surface area (TPSA) is 29.9 Å². The molecule has 1 atom stereocenters. The average Bonchev–Trinajstić information content (AvgIpc) is 2.87. The van der Waals surface area contributed by atoms with E-state index in [0.29, 0.717) is 6.04 Å². The summed E-state index contributed by atoms with van der Waals surface area (Å²) in [6.45, 7) is 3.08. The zero-order chi connectivity index (χ0) is 12.8. The van der Waals surface area contributed by atoms with Gasteiger partial charge >= 0.3 is 0 Å². The second-order valence-electron chi connectivity index (χ2n) is 4.37. The maximum atomic E-state index is 4.38. The summed E-state index contributed by atoms with van der Waals surface area (Å²) >= 11 is 1.86. The molecular weight excluding hydrogens is 242 g/mol. The van der Waals surface area contributed by atoms with E-state index < -0.39 is 0 Å². The summed E-state index contributed by atoms with van der Waals surface area (Å²) in [6, 6.07) is 10.7. The zero-order valence-corrected chi connectivity index (χ0v) is 11.7. The van der Waals surface area contributed by atoms with Gasteiger partial charge in [-0.05, 0) is 25.3 Å². The van der Waals surface area contributed by atoms with E-state index in [0.717, 1.165) is 18.0 Å². The Morgan fingerprint density at radius 1 is 1.33 bits per heavy atom. The Labute approximate surface area is 113 Å². The molecule has 2 rings (SSSR count). The fourth-order valence-electron chi connectivity index (χ4n) is 1.77. The predicted octanol–water partition coefficient (Wildman–Crippen LogP) is 2.71. The highest BCUT2D eigenvalue weighted by Gasteiger charge is 2.03. The summed E-state index contributed by atoms with van der Waals surface area (Å²) in [5.74, 6) is 1.13. The molecule has 0 amide bonds. The van der Waals surface area contributed by atoms with E-state index in [1.165, 1.54) is 5.56 Å². The molecule has 4 heteroatoms. The second kappa shape index (κ2) is 6.61. The van der Waals surface area contributed by atoms with Crippen LogP contribution in [0.2, 0.25) is 0 Å². The van der Waals surface area contributed by atoms with Gasteiger partial charge in [0.2, 0.25) is 0 Å². The van der Waals surface area contributed by atoms with Gasteiger partial charge in [-0.25, -0.2) is 4.68 Å². The standard InChI is InChI=1S/C14H19N3S/c1-12(11-18-2)15-8-13-9-16-17(10-13)14-6-4-3-5-7-14/h3-7,9-10,12,15H,8,11H2,1-2H3. The van der Waals surface area contributed by atoms with Crippen LogP contribution < -0.4 is 5.32 Å². The Bertz CT molecular complexity index is 467. The second-order valence-corrected chi connectivity index (χ2v) is 5.28. The Morgan fingerprint density at radius 3 is 2.83 bits per heavy atom. The van der Waals surface area contributed by atoms with Crippen molar-refractivity contribution in [2.45, 2.75) is 19.5 Å². The number of nitrogens with one attached hydrogen (secondary N) is 1. The lowest BCUT2D eigenvalue weighted by molar-refractivity contribution is 0.596. The number of benzene rings is 1. The Morgan fingerprint density at radius 2 is 2.11 bits per heavy atom. The van der Waals surface area contributed by atoms with Crippen LogP contribution in [0.25, 0.3) is 5.69 Å². The minimum atomic E-state index is 0.528. The number of hydrogen-bond donors (Lipinski definition) is 1. The molecule has 0 bridgehead atoms. The smallest absolute Gasteiger partial charge is 0.0645 e. The van der Waals surface area contributed by atoms with Crippen molar-refractivity contribution < 1.29 is 0 Å². The summed E-state index contributed by atoms with van der Waals surface area (Å²) in [5.41, 5.74) is 2.31. The molecule has 0 aliphatic carbocycles. The Hall–Kier alpha value is -1.26. The van der Waals surface area contributed by atoms with E-state index in [2.05, 4.69) is 41.9 Å². The van der Waals surface area contributed by atoms with E-state index in [1.807, 2.05) is 40.8 Å². The van der Waals surface area contributed by atoms with Crippen LogP contribution in [0.3, 0.4) is 0 Å². The van der Waals surface area contributed by atoms with Crippen molar-refractivity contribution in [3.05, 3.63) is 48.3 Å². The zero-order valence-electron chi connectivity index (χ0n) is 10.8. The van der Waals surface area contributed by atoms with Crippen molar-refractivity contribution >= 4 is 11.8 Å². The van der Waals surface area contributed by atoms with Gasteiger partial charge in [-0.3, -0.25) is 0 Å². The molecule has 0 spiro atoms. The minimum Gasteiger partial charge on any atom is -0.309 e. The van der Waals surface area contributed by atoms with E-state index in [1.54, 1.807) is 0 Å². The molecule has 0 aliphatic heterocycles. The van der Waals surface area contributed by atoms with E-state index >= 15 is 0 Å². The van der Waals surface area contributed by atoms with E-state index in [9.17, 15) is 0 Å². The monoisotopic (exact) mass is 261 g/mol. The molecule has 1 aromatic heterocycles. The van der Waals surface area contributed by atoms with Crippen molar-refractivity contribution in [3.8, 4) is 5.69 Å². The van der Waals surface area contributed by atoms with Crippen LogP contribution >= 0.6 is 11.8 Å². The molecule has 2 aromatic rings. The van der Waals surface area contributed by atoms with E-state index in [-0.39, 0.29) is 0 Å². The van der Waals surface area contributed by atoms with Crippen molar-refractivity contribution in [1.82, 2.24) is 15.1 Å². The molecule has 1 unspecified atom stereocenters. The third-order valence-electron chi connectivity index (χ3n) is 2.73. The van der Waals surface area contributed by atoms with Gasteiger partial charge in [0.25, 0.3) is 0 Å². The van der Waals surface area contributed by atoms with Gasteiger partial charge in [-0.15, -0.1) is 0 Å². The van der Waals surface area contributed by atoms with Crippen LogP contribution in [-0.4, -0.2) is 27.8 Å². The largest absolute Gasteiger partial charge is 0.309 e. The molecule has 96 valence electrons. The third-order valence-corrected chi connectivity index (χ3v) is 3.56. The first kappa shape index (κ1) is 13.2. The lowest BCUT2D eigenvalue weighted by Gasteiger charge is -2.10. The van der Waals surface area contributed by atoms with Gasteiger partial charge in [-0.1, -0.05) is 18.2 Å². The van der Waals surface area contributed by atoms with Crippen molar-refractivity contribution in [1.29, 1.82) is 0 Å². The number of thioether (sulfide) groups is 1. The Kier molecular flexibility index (Phi) is 4.84. The van der Waals surface area contributed by atoms with Gasteiger partial charge in [0.15, 0.2) is 0 Å². The predicted molar refractivity (Wildman–Crippen MR) is 78.2 cm³/mol. The van der Waals surface area contributed by atoms with Crippen LogP contribution in [0, 0.1) is 0 Å². The molecule has 1 aromatic carbocycles. The Balaban J connectivity index is 1.95. The van der Waals surface area contributed by atoms with Crippen LogP contribution in [0.4, 0.5) is 0 Å². The lowest BCUT2D eigenvalue weighted by atomic mass is 10.3. The number of para-hydroxylation sites is 1. The maximum absolute atomic E-state index is 4.38. The number of aromatic nitrogens is 2. The summed E-state index contributed by atoms with van der Waals surface area (Å²) in [5, 5.41) is 7.87. The van der Waals surface area contributed by atoms with Gasteiger partial charge < -0.3 is 5.32 Å². The highest BCUT2D eigenvalue weighted by Crippen LogP contribution is 2.07. The molecule has 1 N–H and O–H groups in total. The number of rotatable bonds is 6. The molecule has 0 radical (unpaired) electrons. The quantitative estimate of drug-likeness (QED) is 0.867. The van der Waals surface area contributed by atoms with Crippen molar-refractivity contribution in [2.75, 3.05) is 12.0 Å². The SMILES string of the molecule is CSCC(C)NCc1cnn(-c2ccccc2)c1. The number of hydrogen-bond acceptors (Lipinski definition) is 3. The molecule has 0 aliphatic rings. The van der Waals surface area contributed by atoms with Crippen LogP contribution in [0.15, 0.2) is 42.7 Å². The highest BCUT2D eigenvalue weighted by molar-refractivity contribution is 7.98. The first-order valence-electron chi connectivity index (χ1n) is 6.11. The molecule has 3 nitrogen and oxygen atoms in total. The first-order valence-corrected chi connectivity index (χ1v) is 7.50. The van der Waals surface area contributed by atoms with Crippen LogP contribution in [0.5, 0.6) is 0 Å². The maximum Gasteiger partial charge on any atom is 0.0645 e. The number of nitrogens with zero attached hydrogens (tertiary/aromatic N) is 2. The van der Waals surface area contributed by atoms with Gasteiger partial charge in [-0.2, -0.15) is 16.9 Å². The van der Waals surface area contributed by atoms with Crippen molar-refractivity contribution in [2.24, 2.45) is 0 Å². The normalized spacial score (nSPS) is 12.6. The molecular formula is C14H19N3S. The van der Waals surface area contributed by atoms with Gasteiger partial charge in [0, 0.05) is 30.1 Å². The first-order chi connectivity index (χ1) is 8.79. The highest BCUT2D eigenvalue weighted by atomic mass is 32.2. The molecule has 0 saturated carbocycles. The molecule has 1 heterocycles. The summed E-state index contributed by atoms with van der Waals surface area (Å²) < 4.78 is 1.91. The van der Waals surface area contributed by atoms with Crippen LogP contribution in [-0.2, 0) is 6.54 Å². The van der Waals surface area contributed by atoms with Crippen molar-refractivity contribution in [3.63, 3.8) is 0 Å². The summed E-state index contributed by atoms with van der Waals surface area (Å²) in [7, 11) is 0. The summed E-state index contributed by atoms with van der Waals surface area (Å²) in [6.07, 6.45) is 6.13. The summed E-state index contributed by atoms with van der Waals surface area (Å²) in [4.78, 5) is 0. The van der Waals surface area contributed by atoms with Crippen LogP contribution in [0.1, 0.15) is 12.5 Å². The molecule has 0 saturated heterocycles. The van der Waals surface area contributed by atoms with Gasteiger partial charge in [0.1, 0.15) is 0 Å². The van der Waals surface area contributed by atoms with E-state index in [4.69, 9.17) is 0 Å². The third kappa shape index (κ3) is 3.62. The molecule has 0 fully saturated rings. The fraction of sp³-hybridized carbons (Fsp3) is 0.357. The minimum absolute atomic E-state index is 0.528. The average molecular weight is 261 g/mol. The fourth-order valence-corrected chi connectivity index (χ4v) is 2.39. The van der Waals surface area contributed by atoms with Gasteiger partial charge in [0.05, 0.1) is 11.9 Å². The lowest BCUT2D eigenvalue weighted by Crippen LogP contribution is -2.27. The molecule has 18 heavy (non-hydrogen) atoms.